The molecule has 0 saturated heterocycles. The van der Waals surface area contributed by atoms with Crippen LogP contribution in [0.15, 0.2) is 33.5 Å². The highest BCUT2D eigenvalue weighted by Gasteiger charge is 1.91. The van der Waals surface area contributed by atoms with Crippen LogP contribution in [0, 0.1) is 0 Å². The maximum absolute atomic E-state index is 3.97. The maximum atomic E-state index is 3.97. The summed E-state index contributed by atoms with van der Waals surface area (Å²) in [4.78, 5) is 7.91. The lowest BCUT2D eigenvalue weighted by Crippen LogP contribution is -1.82. The molecule has 5 nitrogen and oxygen atoms in total. The van der Waals surface area contributed by atoms with Gasteiger partial charge in [0.05, 0.1) is 0 Å². The van der Waals surface area contributed by atoms with E-state index in [0.717, 1.165) is 5.13 Å². The van der Waals surface area contributed by atoms with Crippen molar-refractivity contribution < 1.29 is 0 Å². The molecular formula is C6H5N5S2. The molecule has 0 unspecified atom stereocenters. The first-order chi connectivity index (χ1) is 6.45. The molecule has 2 rings (SSSR count). The van der Waals surface area contributed by atoms with Gasteiger partial charge in [0.15, 0.2) is 0 Å². The summed E-state index contributed by atoms with van der Waals surface area (Å²) in [5.74, 6) is 0. The lowest BCUT2D eigenvalue weighted by atomic mass is 11.0. The SMILES string of the molecule is c1csc(/N=N/Nc2nccs2)n1. The molecule has 0 fully saturated rings. The Kier molecular flexibility index (Phi) is 2.58. The minimum Gasteiger partial charge on any atom is -0.234 e. The number of thiazole rings is 2. The van der Waals surface area contributed by atoms with E-state index in [1.54, 1.807) is 12.4 Å². The Balaban J connectivity index is 1.93. The van der Waals surface area contributed by atoms with E-state index >= 15 is 0 Å². The molecule has 0 aliphatic heterocycles. The van der Waals surface area contributed by atoms with Gasteiger partial charge < -0.3 is 0 Å². The Labute approximate surface area is 82.2 Å². The Morgan fingerprint density at radius 3 is 2.69 bits per heavy atom. The topological polar surface area (TPSA) is 62.5 Å². The van der Waals surface area contributed by atoms with E-state index in [0.29, 0.717) is 5.13 Å². The van der Waals surface area contributed by atoms with Gasteiger partial charge in [-0.1, -0.05) is 5.22 Å². The van der Waals surface area contributed by atoms with E-state index in [1.807, 2.05) is 10.8 Å². The summed E-state index contributed by atoms with van der Waals surface area (Å²) in [5, 5.41) is 12.6. The van der Waals surface area contributed by atoms with Crippen LogP contribution in [0.2, 0.25) is 0 Å². The molecule has 0 spiro atoms. The molecular weight excluding hydrogens is 206 g/mol. The first-order valence-electron chi connectivity index (χ1n) is 3.41. The molecule has 13 heavy (non-hydrogen) atoms. The van der Waals surface area contributed by atoms with Gasteiger partial charge in [0.2, 0.25) is 10.3 Å². The van der Waals surface area contributed by atoms with E-state index in [9.17, 15) is 0 Å². The van der Waals surface area contributed by atoms with Crippen molar-refractivity contribution in [1.29, 1.82) is 0 Å². The quantitative estimate of drug-likeness (QED) is 0.627. The van der Waals surface area contributed by atoms with Gasteiger partial charge in [0.25, 0.3) is 0 Å². The van der Waals surface area contributed by atoms with Gasteiger partial charge in [-0.3, -0.25) is 0 Å². The number of nitrogens with one attached hydrogen (secondary N) is 1. The molecule has 2 heterocycles. The minimum absolute atomic E-state index is 0.629. The van der Waals surface area contributed by atoms with Crippen LogP contribution in [-0.2, 0) is 0 Å². The monoisotopic (exact) mass is 211 g/mol. The third kappa shape index (κ3) is 2.30. The van der Waals surface area contributed by atoms with Crippen LogP contribution < -0.4 is 5.43 Å². The summed E-state index contributed by atoms with van der Waals surface area (Å²) in [6, 6.07) is 0. The highest BCUT2D eigenvalue weighted by Crippen LogP contribution is 2.16. The summed E-state index contributed by atoms with van der Waals surface area (Å²) in [7, 11) is 0. The fourth-order valence-corrected chi connectivity index (χ4v) is 1.57. The number of anilines is 1. The van der Waals surface area contributed by atoms with Crippen molar-refractivity contribution in [3.63, 3.8) is 0 Å². The third-order valence-electron chi connectivity index (χ3n) is 1.13. The largest absolute Gasteiger partial charge is 0.234 e. The Bertz CT molecular complexity index is 366. The van der Waals surface area contributed by atoms with E-state index in [1.165, 1.54) is 22.7 Å². The van der Waals surface area contributed by atoms with Crippen LogP contribution in [0.4, 0.5) is 10.3 Å². The van der Waals surface area contributed by atoms with Crippen molar-refractivity contribution in [3.05, 3.63) is 23.2 Å². The maximum Gasteiger partial charge on any atom is 0.231 e. The first-order valence-corrected chi connectivity index (χ1v) is 5.17. The van der Waals surface area contributed by atoms with Crippen molar-refractivity contribution in [1.82, 2.24) is 9.97 Å². The average Bonchev–Trinajstić information content (AvgIpc) is 2.75. The van der Waals surface area contributed by atoms with Crippen molar-refractivity contribution in [3.8, 4) is 0 Å². The second kappa shape index (κ2) is 4.06. The van der Waals surface area contributed by atoms with Gasteiger partial charge in [-0.25, -0.2) is 15.4 Å². The van der Waals surface area contributed by atoms with Gasteiger partial charge in [-0.2, -0.15) is 0 Å². The lowest BCUT2D eigenvalue weighted by molar-refractivity contribution is 1.10. The molecule has 0 aromatic carbocycles. The molecule has 1 N–H and O–H groups in total. The molecule has 0 atom stereocenters. The number of aromatic nitrogens is 2. The van der Waals surface area contributed by atoms with Crippen molar-refractivity contribution in [2.75, 3.05) is 5.43 Å². The van der Waals surface area contributed by atoms with E-state index in [2.05, 4.69) is 25.7 Å². The number of hydrogen-bond acceptors (Lipinski definition) is 6. The van der Waals surface area contributed by atoms with E-state index in [4.69, 9.17) is 0 Å². The molecule has 2 aromatic rings. The van der Waals surface area contributed by atoms with Crippen LogP contribution >= 0.6 is 22.7 Å². The normalized spacial score (nSPS) is 10.8. The highest BCUT2D eigenvalue weighted by molar-refractivity contribution is 7.13. The second-order valence-corrected chi connectivity index (χ2v) is 3.73. The highest BCUT2D eigenvalue weighted by atomic mass is 32.1. The minimum atomic E-state index is 0.629. The molecule has 0 aliphatic rings. The van der Waals surface area contributed by atoms with Gasteiger partial charge in [-0.15, -0.1) is 27.8 Å². The molecule has 66 valence electrons. The van der Waals surface area contributed by atoms with Crippen LogP contribution in [-0.4, -0.2) is 9.97 Å². The number of rotatable bonds is 3. The zero-order chi connectivity index (χ0) is 8.93. The fraction of sp³-hybridized carbons (Fsp3) is 0. The summed E-state index contributed by atoms with van der Waals surface area (Å²) < 4.78 is 0. The Hall–Kier alpha value is -1.34. The van der Waals surface area contributed by atoms with Gasteiger partial charge in [0, 0.05) is 23.2 Å². The molecule has 0 radical (unpaired) electrons. The van der Waals surface area contributed by atoms with Crippen LogP contribution in [0.1, 0.15) is 0 Å². The third-order valence-corrected chi connectivity index (χ3v) is 2.47. The number of hydrogen-bond donors (Lipinski definition) is 1. The Morgan fingerprint density at radius 2 is 2.00 bits per heavy atom. The standard InChI is InChI=1S/C6H5N5S2/c1-3-12-5(7-1)9-11-10-6-8-2-4-13-6/h1-4H,(H,7,8,9,10). The molecule has 0 saturated carbocycles. The summed E-state index contributed by atoms with van der Waals surface area (Å²) in [6.07, 6.45) is 3.38. The zero-order valence-corrected chi connectivity index (χ0v) is 8.05. The zero-order valence-electron chi connectivity index (χ0n) is 6.41. The van der Waals surface area contributed by atoms with Gasteiger partial charge in [0.1, 0.15) is 0 Å². The Morgan fingerprint density at radius 1 is 1.15 bits per heavy atom. The summed E-state index contributed by atoms with van der Waals surface area (Å²) in [6.45, 7) is 0. The average molecular weight is 211 g/mol. The fourth-order valence-electron chi connectivity index (χ4n) is 0.654. The van der Waals surface area contributed by atoms with Crippen molar-refractivity contribution in [2.24, 2.45) is 10.3 Å². The molecule has 7 heteroatoms. The van der Waals surface area contributed by atoms with E-state index < -0.39 is 0 Å². The molecule has 2 aromatic heterocycles. The van der Waals surface area contributed by atoms with Crippen LogP contribution in [0.25, 0.3) is 0 Å². The predicted molar refractivity (Wildman–Crippen MR) is 52.4 cm³/mol. The van der Waals surface area contributed by atoms with Gasteiger partial charge >= 0.3 is 0 Å². The van der Waals surface area contributed by atoms with Gasteiger partial charge in [-0.05, 0) is 0 Å². The smallest absolute Gasteiger partial charge is 0.231 e. The summed E-state index contributed by atoms with van der Waals surface area (Å²) >= 11 is 2.90. The predicted octanol–water partition coefficient (Wildman–Crippen LogP) is 2.71. The molecule has 0 amide bonds. The van der Waals surface area contributed by atoms with Crippen LogP contribution in [0.3, 0.4) is 0 Å². The second-order valence-electron chi connectivity index (χ2n) is 1.96. The van der Waals surface area contributed by atoms with Crippen molar-refractivity contribution in [2.45, 2.75) is 0 Å². The van der Waals surface area contributed by atoms with Crippen LogP contribution in [0.5, 0.6) is 0 Å². The molecule has 0 aliphatic carbocycles. The number of nitrogens with zero attached hydrogens (tertiary/aromatic N) is 4. The first kappa shape index (κ1) is 8.27. The lowest BCUT2D eigenvalue weighted by Gasteiger charge is -1.87. The van der Waals surface area contributed by atoms with E-state index in [-0.39, 0.29) is 0 Å². The summed E-state index contributed by atoms with van der Waals surface area (Å²) in [5.41, 5.74) is 2.70. The van der Waals surface area contributed by atoms with Crippen molar-refractivity contribution >= 4 is 32.9 Å². The molecule has 0 bridgehead atoms.